The van der Waals surface area contributed by atoms with Crippen LogP contribution in [0.15, 0.2) is 29.2 Å². The maximum absolute atomic E-state index is 5.91. The van der Waals surface area contributed by atoms with Gasteiger partial charge in [-0.2, -0.15) is 5.10 Å². The number of aromatic nitrogens is 2. The fourth-order valence-corrected chi connectivity index (χ4v) is 1.57. The Labute approximate surface area is 95.1 Å². The van der Waals surface area contributed by atoms with Crippen molar-refractivity contribution in [3.05, 3.63) is 24.8 Å². The van der Waals surface area contributed by atoms with Crippen molar-refractivity contribution >= 4 is 5.69 Å². The van der Waals surface area contributed by atoms with Gasteiger partial charge in [-0.05, 0) is 18.4 Å². The predicted octanol–water partition coefficient (Wildman–Crippen LogP) is 2.77. The van der Waals surface area contributed by atoms with Gasteiger partial charge in [0, 0.05) is 18.3 Å². The molecule has 2 aromatic rings. The zero-order valence-electron chi connectivity index (χ0n) is 9.68. The van der Waals surface area contributed by atoms with E-state index >= 15 is 0 Å². The smallest absolute Gasteiger partial charge is 0.118 e. The zero-order valence-corrected chi connectivity index (χ0v) is 9.68. The molecule has 0 saturated heterocycles. The fraction of sp³-hybridized carbons (Fsp3) is 0.417. The zero-order chi connectivity index (χ0) is 11.5. The van der Waals surface area contributed by atoms with Gasteiger partial charge >= 0.3 is 0 Å². The Kier molecular flexibility index (Phi) is 2.99. The summed E-state index contributed by atoms with van der Waals surface area (Å²) in [6.45, 7) is 5.30. The lowest BCUT2D eigenvalue weighted by molar-refractivity contribution is 0.488. The van der Waals surface area contributed by atoms with Crippen LogP contribution < -0.4 is 5.73 Å². The van der Waals surface area contributed by atoms with E-state index in [1.165, 1.54) is 0 Å². The minimum Gasteiger partial charge on any atom is -0.472 e. The topological polar surface area (TPSA) is 57.0 Å². The SMILES string of the molecule is CC(C)CCn1cc(N)c(-c2ccoc2)n1. The van der Waals surface area contributed by atoms with Crippen LogP contribution >= 0.6 is 0 Å². The molecular formula is C12H17N3O. The third-order valence-corrected chi connectivity index (χ3v) is 2.52. The molecule has 0 spiro atoms. The van der Waals surface area contributed by atoms with Crippen molar-refractivity contribution in [1.82, 2.24) is 9.78 Å². The van der Waals surface area contributed by atoms with Crippen LogP contribution in [0.1, 0.15) is 20.3 Å². The highest BCUT2D eigenvalue weighted by Crippen LogP contribution is 2.24. The molecular weight excluding hydrogens is 202 g/mol. The molecule has 0 unspecified atom stereocenters. The van der Waals surface area contributed by atoms with Crippen molar-refractivity contribution < 1.29 is 4.42 Å². The number of aryl methyl sites for hydroxylation is 1. The third kappa shape index (κ3) is 2.27. The monoisotopic (exact) mass is 219 g/mol. The van der Waals surface area contributed by atoms with Gasteiger partial charge in [0.2, 0.25) is 0 Å². The standard InChI is InChI=1S/C12H17N3O/c1-9(2)3-5-15-7-11(13)12(14-15)10-4-6-16-8-10/h4,6-9H,3,5,13H2,1-2H3. The Hall–Kier alpha value is -1.71. The second kappa shape index (κ2) is 4.43. The van der Waals surface area contributed by atoms with Crippen molar-refractivity contribution in [2.75, 3.05) is 5.73 Å². The highest BCUT2D eigenvalue weighted by atomic mass is 16.3. The molecule has 2 aromatic heterocycles. The lowest BCUT2D eigenvalue weighted by atomic mass is 10.1. The molecule has 4 nitrogen and oxygen atoms in total. The molecule has 0 aliphatic rings. The lowest BCUT2D eigenvalue weighted by Gasteiger charge is -2.03. The molecule has 0 aliphatic heterocycles. The molecule has 0 amide bonds. The quantitative estimate of drug-likeness (QED) is 0.860. The summed E-state index contributed by atoms with van der Waals surface area (Å²) in [6.07, 6.45) is 6.27. The summed E-state index contributed by atoms with van der Waals surface area (Å²) in [5.74, 6) is 0.669. The van der Waals surface area contributed by atoms with E-state index in [2.05, 4.69) is 18.9 Å². The lowest BCUT2D eigenvalue weighted by Crippen LogP contribution is -2.01. The number of hydrogen-bond acceptors (Lipinski definition) is 3. The van der Waals surface area contributed by atoms with Crippen molar-refractivity contribution in [1.29, 1.82) is 0 Å². The number of nitrogens with zero attached hydrogens (tertiary/aromatic N) is 2. The van der Waals surface area contributed by atoms with Crippen LogP contribution in [-0.4, -0.2) is 9.78 Å². The average Bonchev–Trinajstić information content (AvgIpc) is 2.83. The minimum absolute atomic E-state index is 0.669. The van der Waals surface area contributed by atoms with Crippen LogP contribution in [0.4, 0.5) is 5.69 Å². The summed E-state index contributed by atoms with van der Waals surface area (Å²) in [7, 11) is 0. The number of nitrogens with two attached hydrogens (primary N) is 1. The highest BCUT2D eigenvalue weighted by molar-refractivity contribution is 5.70. The van der Waals surface area contributed by atoms with E-state index in [1.54, 1.807) is 12.5 Å². The Morgan fingerprint density at radius 3 is 2.94 bits per heavy atom. The highest BCUT2D eigenvalue weighted by Gasteiger charge is 2.09. The van der Waals surface area contributed by atoms with Gasteiger partial charge in [-0.15, -0.1) is 0 Å². The molecule has 0 radical (unpaired) electrons. The summed E-state index contributed by atoms with van der Waals surface area (Å²) in [5, 5.41) is 4.46. The molecule has 0 saturated carbocycles. The van der Waals surface area contributed by atoms with E-state index in [-0.39, 0.29) is 0 Å². The predicted molar refractivity (Wildman–Crippen MR) is 63.8 cm³/mol. The minimum atomic E-state index is 0.669. The van der Waals surface area contributed by atoms with Crippen LogP contribution in [0.25, 0.3) is 11.3 Å². The van der Waals surface area contributed by atoms with Crippen LogP contribution in [0, 0.1) is 5.92 Å². The van der Waals surface area contributed by atoms with Gasteiger partial charge in [0.15, 0.2) is 0 Å². The van der Waals surface area contributed by atoms with E-state index in [0.717, 1.165) is 24.2 Å². The van der Waals surface area contributed by atoms with Crippen molar-refractivity contribution in [2.45, 2.75) is 26.8 Å². The summed E-state index contributed by atoms with van der Waals surface area (Å²) >= 11 is 0. The molecule has 86 valence electrons. The van der Waals surface area contributed by atoms with Gasteiger partial charge in [-0.1, -0.05) is 13.8 Å². The molecule has 0 atom stereocenters. The molecule has 4 heteroatoms. The van der Waals surface area contributed by atoms with E-state index in [9.17, 15) is 0 Å². The Balaban J connectivity index is 2.16. The molecule has 16 heavy (non-hydrogen) atoms. The van der Waals surface area contributed by atoms with Gasteiger partial charge < -0.3 is 10.2 Å². The molecule has 0 aliphatic carbocycles. The van der Waals surface area contributed by atoms with E-state index in [0.29, 0.717) is 11.6 Å². The van der Waals surface area contributed by atoms with E-state index in [4.69, 9.17) is 10.2 Å². The number of hydrogen-bond donors (Lipinski definition) is 1. The van der Waals surface area contributed by atoms with Gasteiger partial charge in [0.05, 0.1) is 18.2 Å². The Morgan fingerprint density at radius 1 is 1.50 bits per heavy atom. The summed E-state index contributed by atoms with van der Waals surface area (Å²) in [5.41, 5.74) is 8.35. The average molecular weight is 219 g/mol. The first-order valence-corrected chi connectivity index (χ1v) is 5.52. The summed E-state index contributed by atoms with van der Waals surface area (Å²) in [4.78, 5) is 0. The first-order valence-electron chi connectivity index (χ1n) is 5.52. The number of rotatable bonds is 4. The normalized spacial score (nSPS) is 11.2. The molecule has 2 rings (SSSR count). The molecule has 2 heterocycles. The van der Waals surface area contributed by atoms with Crippen LogP contribution in [0.2, 0.25) is 0 Å². The van der Waals surface area contributed by atoms with Crippen molar-refractivity contribution in [3.8, 4) is 11.3 Å². The largest absolute Gasteiger partial charge is 0.472 e. The van der Waals surface area contributed by atoms with Crippen LogP contribution in [0.5, 0.6) is 0 Å². The van der Waals surface area contributed by atoms with E-state index in [1.807, 2.05) is 16.9 Å². The first-order chi connectivity index (χ1) is 7.66. The second-order valence-corrected chi connectivity index (χ2v) is 4.39. The molecule has 0 fully saturated rings. The van der Waals surface area contributed by atoms with Crippen LogP contribution in [0.3, 0.4) is 0 Å². The number of nitrogen functional groups attached to an aromatic ring is 1. The van der Waals surface area contributed by atoms with Gasteiger partial charge in [-0.3, -0.25) is 4.68 Å². The van der Waals surface area contributed by atoms with Gasteiger partial charge in [0.25, 0.3) is 0 Å². The second-order valence-electron chi connectivity index (χ2n) is 4.39. The summed E-state index contributed by atoms with van der Waals surface area (Å²) < 4.78 is 6.93. The molecule has 0 bridgehead atoms. The van der Waals surface area contributed by atoms with Gasteiger partial charge in [0.1, 0.15) is 5.69 Å². The van der Waals surface area contributed by atoms with Crippen molar-refractivity contribution in [3.63, 3.8) is 0 Å². The Morgan fingerprint density at radius 2 is 2.31 bits per heavy atom. The summed E-state index contributed by atoms with van der Waals surface area (Å²) in [6, 6.07) is 1.87. The maximum Gasteiger partial charge on any atom is 0.118 e. The first kappa shape index (κ1) is 10.8. The third-order valence-electron chi connectivity index (χ3n) is 2.52. The van der Waals surface area contributed by atoms with Crippen molar-refractivity contribution in [2.24, 2.45) is 5.92 Å². The Bertz CT molecular complexity index is 443. The van der Waals surface area contributed by atoms with Crippen LogP contribution in [-0.2, 0) is 6.54 Å². The number of anilines is 1. The molecule has 2 N–H and O–H groups in total. The molecule has 0 aromatic carbocycles. The maximum atomic E-state index is 5.91. The van der Waals surface area contributed by atoms with E-state index < -0.39 is 0 Å². The fourth-order valence-electron chi connectivity index (χ4n) is 1.57. The van der Waals surface area contributed by atoms with Gasteiger partial charge in [-0.25, -0.2) is 0 Å². The number of furan rings is 1.